The molecule has 0 spiro atoms. The van der Waals surface area contributed by atoms with Crippen molar-refractivity contribution in [1.29, 1.82) is 0 Å². The van der Waals surface area contributed by atoms with Crippen molar-refractivity contribution in [3.05, 3.63) is 53.1 Å². The molecule has 0 aliphatic heterocycles. The Hall–Kier alpha value is -2.16. The first-order valence-corrected chi connectivity index (χ1v) is 7.83. The van der Waals surface area contributed by atoms with Gasteiger partial charge in [-0.3, -0.25) is 0 Å². The maximum absolute atomic E-state index is 5.67. The van der Waals surface area contributed by atoms with Gasteiger partial charge in [0, 0.05) is 12.2 Å². The van der Waals surface area contributed by atoms with Crippen molar-refractivity contribution in [3.8, 4) is 11.5 Å². The summed E-state index contributed by atoms with van der Waals surface area (Å²) in [7, 11) is 0. The Balaban J connectivity index is 2.10. The fourth-order valence-corrected chi connectivity index (χ4v) is 2.41. The van der Waals surface area contributed by atoms with Crippen molar-refractivity contribution < 1.29 is 9.47 Å². The molecule has 0 unspecified atom stereocenters. The van der Waals surface area contributed by atoms with Crippen LogP contribution in [-0.2, 0) is 6.54 Å². The second-order valence-electron chi connectivity index (χ2n) is 5.32. The zero-order valence-corrected chi connectivity index (χ0v) is 13.9. The van der Waals surface area contributed by atoms with E-state index >= 15 is 0 Å². The summed E-state index contributed by atoms with van der Waals surface area (Å²) < 4.78 is 11.3. The predicted molar refractivity (Wildman–Crippen MR) is 92.0 cm³/mol. The van der Waals surface area contributed by atoms with E-state index in [0.717, 1.165) is 23.7 Å². The lowest BCUT2D eigenvalue weighted by molar-refractivity contribution is 0.287. The highest BCUT2D eigenvalue weighted by Crippen LogP contribution is 2.29. The molecule has 0 aliphatic rings. The Bertz CT molecular complexity index is 623. The van der Waals surface area contributed by atoms with Crippen LogP contribution < -0.4 is 14.8 Å². The second kappa shape index (κ2) is 7.74. The molecule has 2 aromatic rings. The molecule has 2 rings (SSSR count). The van der Waals surface area contributed by atoms with E-state index in [-0.39, 0.29) is 0 Å². The molecule has 0 atom stereocenters. The van der Waals surface area contributed by atoms with Gasteiger partial charge in [-0.2, -0.15) is 0 Å². The predicted octanol–water partition coefficient (Wildman–Crippen LogP) is 4.71. The molecular formula is C19H25NO2. The number of ether oxygens (including phenoxy) is 2. The lowest BCUT2D eigenvalue weighted by Crippen LogP contribution is -2.03. The van der Waals surface area contributed by atoms with Crippen LogP contribution in [0.25, 0.3) is 0 Å². The normalized spacial score (nSPS) is 10.4. The van der Waals surface area contributed by atoms with Crippen molar-refractivity contribution in [2.45, 2.75) is 34.2 Å². The van der Waals surface area contributed by atoms with Crippen LogP contribution in [0.2, 0.25) is 0 Å². The van der Waals surface area contributed by atoms with Gasteiger partial charge in [-0.15, -0.1) is 0 Å². The average Bonchev–Trinajstić information content (AvgIpc) is 2.49. The molecule has 2 aromatic carbocycles. The summed E-state index contributed by atoms with van der Waals surface area (Å²) in [5, 5.41) is 3.48. The highest BCUT2D eigenvalue weighted by Gasteiger charge is 2.06. The molecule has 0 aromatic heterocycles. The van der Waals surface area contributed by atoms with Crippen molar-refractivity contribution in [3.63, 3.8) is 0 Å². The van der Waals surface area contributed by atoms with E-state index in [0.29, 0.717) is 13.2 Å². The molecule has 3 heteroatoms. The van der Waals surface area contributed by atoms with Gasteiger partial charge in [-0.25, -0.2) is 0 Å². The van der Waals surface area contributed by atoms with Crippen molar-refractivity contribution in [1.82, 2.24) is 0 Å². The number of nitrogens with one attached hydrogen (secondary N) is 1. The second-order valence-corrected chi connectivity index (χ2v) is 5.32. The Morgan fingerprint density at radius 3 is 2.27 bits per heavy atom. The van der Waals surface area contributed by atoms with Crippen LogP contribution in [0, 0.1) is 13.8 Å². The first-order valence-electron chi connectivity index (χ1n) is 7.83. The summed E-state index contributed by atoms with van der Waals surface area (Å²) in [5.41, 5.74) is 4.88. The minimum Gasteiger partial charge on any atom is -0.490 e. The molecule has 0 heterocycles. The molecule has 0 radical (unpaired) electrons. The molecule has 3 nitrogen and oxygen atoms in total. The molecule has 22 heavy (non-hydrogen) atoms. The van der Waals surface area contributed by atoms with Crippen molar-refractivity contribution in [2.75, 3.05) is 18.5 Å². The van der Waals surface area contributed by atoms with Crippen LogP contribution in [0.15, 0.2) is 36.4 Å². The van der Waals surface area contributed by atoms with Gasteiger partial charge in [0.1, 0.15) is 0 Å². The number of benzene rings is 2. The number of rotatable bonds is 7. The zero-order chi connectivity index (χ0) is 15.9. The summed E-state index contributed by atoms with van der Waals surface area (Å²) in [6.07, 6.45) is 0. The minimum absolute atomic E-state index is 0.633. The molecule has 118 valence electrons. The Morgan fingerprint density at radius 2 is 1.59 bits per heavy atom. The van der Waals surface area contributed by atoms with E-state index in [1.165, 1.54) is 16.7 Å². The van der Waals surface area contributed by atoms with Crippen LogP contribution in [0.4, 0.5) is 5.69 Å². The lowest BCUT2D eigenvalue weighted by Gasteiger charge is -2.14. The van der Waals surface area contributed by atoms with Gasteiger partial charge >= 0.3 is 0 Å². The maximum Gasteiger partial charge on any atom is 0.161 e. The van der Waals surface area contributed by atoms with E-state index in [1.54, 1.807) is 0 Å². The molecule has 0 saturated heterocycles. The number of hydrogen-bond acceptors (Lipinski definition) is 3. The first kappa shape index (κ1) is 16.2. The number of hydrogen-bond donors (Lipinski definition) is 1. The molecule has 0 bridgehead atoms. The van der Waals surface area contributed by atoms with Crippen LogP contribution >= 0.6 is 0 Å². The largest absolute Gasteiger partial charge is 0.490 e. The average molecular weight is 299 g/mol. The molecule has 0 fully saturated rings. The Labute approximate surface area is 133 Å². The molecule has 0 aliphatic carbocycles. The fraction of sp³-hybridized carbons (Fsp3) is 0.368. The van der Waals surface area contributed by atoms with Crippen LogP contribution in [0.3, 0.4) is 0 Å². The summed E-state index contributed by atoms with van der Waals surface area (Å²) in [6, 6.07) is 12.5. The molecular weight excluding hydrogens is 274 g/mol. The van der Waals surface area contributed by atoms with Gasteiger partial charge in [0.2, 0.25) is 0 Å². The quantitative estimate of drug-likeness (QED) is 0.803. The molecule has 1 N–H and O–H groups in total. The van der Waals surface area contributed by atoms with Gasteiger partial charge < -0.3 is 14.8 Å². The molecule has 0 saturated carbocycles. The maximum atomic E-state index is 5.67. The highest BCUT2D eigenvalue weighted by molar-refractivity contribution is 5.53. The van der Waals surface area contributed by atoms with E-state index in [1.807, 2.05) is 26.0 Å². The summed E-state index contributed by atoms with van der Waals surface area (Å²) >= 11 is 0. The Kier molecular flexibility index (Phi) is 5.70. The minimum atomic E-state index is 0.633. The highest BCUT2D eigenvalue weighted by atomic mass is 16.5. The van der Waals surface area contributed by atoms with Crippen molar-refractivity contribution in [2.24, 2.45) is 0 Å². The monoisotopic (exact) mass is 299 g/mol. The summed E-state index contributed by atoms with van der Waals surface area (Å²) in [4.78, 5) is 0. The summed E-state index contributed by atoms with van der Waals surface area (Å²) in [6.45, 7) is 10.2. The number of anilines is 1. The third-order valence-corrected chi connectivity index (χ3v) is 3.47. The standard InChI is InChI=1S/C19H25NO2/c1-5-21-18-10-8-16(12-19(18)22-6-2)13-20-17-9-7-14(3)11-15(17)4/h7-12,20H,5-6,13H2,1-4H3. The van der Waals surface area contributed by atoms with Gasteiger partial charge in [-0.05, 0) is 57.0 Å². The van der Waals surface area contributed by atoms with E-state index < -0.39 is 0 Å². The van der Waals surface area contributed by atoms with Gasteiger partial charge in [-0.1, -0.05) is 23.8 Å². The molecule has 0 amide bonds. The third kappa shape index (κ3) is 4.17. The van der Waals surface area contributed by atoms with E-state index in [2.05, 4.69) is 43.4 Å². The van der Waals surface area contributed by atoms with E-state index in [9.17, 15) is 0 Å². The SMILES string of the molecule is CCOc1ccc(CNc2ccc(C)cc2C)cc1OCC. The van der Waals surface area contributed by atoms with Crippen LogP contribution in [-0.4, -0.2) is 13.2 Å². The third-order valence-electron chi connectivity index (χ3n) is 3.47. The first-order chi connectivity index (χ1) is 10.6. The number of aryl methyl sites for hydroxylation is 2. The van der Waals surface area contributed by atoms with Crippen LogP contribution in [0.5, 0.6) is 11.5 Å². The fourth-order valence-electron chi connectivity index (χ4n) is 2.41. The smallest absolute Gasteiger partial charge is 0.161 e. The van der Waals surface area contributed by atoms with Gasteiger partial charge in [0.25, 0.3) is 0 Å². The lowest BCUT2D eigenvalue weighted by atomic mass is 10.1. The van der Waals surface area contributed by atoms with E-state index in [4.69, 9.17) is 9.47 Å². The summed E-state index contributed by atoms with van der Waals surface area (Å²) in [5.74, 6) is 1.61. The topological polar surface area (TPSA) is 30.5 Å². The van der Waals surface area contributed by atoms with Gasteiger partial charge in [0.15, 0.2) is 11.5 Å². The zero-order valence-electron chi connectivity index (χ0n) is 13.9. The van der Waals surface area contributed by atoms with Crippen molar-refractivity contribution >= 4 is 5.69 Å². The Morgan fingerprint density at radius 1 is 0.864 bits per heavy atom. The van der Waals surface area contributed by atoms with Gasteiger partial charge in [0.05, 0.1) is 13.2 Å². The van der Waals surface area contributed by atoms with Crippen LogP contribution in [0.1, 0.15) is 30.5 Å².